The summed E-state index contributed by atoms with van der Waals surface area (Å²) in [6.45, 7) is 2.16. The van der Waals surface area contributed by atoms with Crippen LogP contribution in [0, 0.1) is 11.8 Å². The molecule has 1 N–H and O–H groups in total. The van der Waals surface area contributed by atoms with Crippen molar-refractivity contribution in [3.63, 3.8) is 0 Å². The normalized spacial score (nSPS) is 15.8. The zero-order valence-electron chi connectivity index (χ0n) is 16.9. The van der Waals surface area contributed by atoms with Crippen LogP contribution in [0.25, 0.3) is 0 Å². The fourth-order valence-corrected chi connectivity index (χ4v) is 4.19. The van der Waals surface area contributed by atoms with Crippen molar-refractivity contribution in [2.24, 2.45) is 11.8 Å². The van der Waals surface area contributed by atoms with Gasteiger partial charge in [-0.05, 0) is 48.6 Å². The summed E-state index contributed by atoms with van der Waals surface area (Å²) in [6, 6.07) is 22.0. The van der Waals surface area contributed by atoms with Crippen LogP contribution >= 0.6 is 0 Å². The van der Waals surface area contributed by atoms with Gasteiger partial charge in [-0.25, -0.2) is 4.79 Å². The summed E-state index contributed by atoms with van der Waals surface area (Å²) in [5, 5.41) is 10.7. The van der Waals surface area contributed by atoms with Crippen molar-refractivity contribution in [3.05, 3.63) is 99.6 Å². The quantitative estimate of drug-likeness (QED) is 0.539. The third kappa shape index (κ3) is 4.79. The van der Waals surface area contributed by atoms with E-state index in [1.165, 1.54) is 5.56 Å². The van der Waals surface area contributed by atoms with E-state index in [1.54, 1.807) is 6.07 Å². The summed E-state index contributed by atoms with van der Waals surface area (Å²) in [5.74, 6) is 1.32. The maximum absolute atomic E-state index is 12.8. The second kappa shape index (κ2) is 8.69. The second-order valence-electron chi connectivity index (χ2n) is 8.36. The van der Waals surface area contributed by atoms with Gasteiger partial charge in [0.2, 0.25) is 0 Å². The number of hydrogen-bond donors (Lipinski definition) is 1. The second-order valence-corrected chi connectivity index (χ2v) is 8.36. The van der Waals surface area contributed by atoms with Crippen LogP contribution in [0.4, 0.5) is 0 Å². The summed E-state index contributed by atoms with van der Waals surface area (Å²) in [4.78, 5) is 12.8. The van der Waals surface area contributed by atoms with Gasteiger partial charge in [-0.3, -0.25) is 0 Å². The minimum atomic E-state index is -0.393. The first-order chi connectivity index (χ1) is 14.1. The van der Waals surface area contributed by atoms with Gasteiger partial charge in [-0.15, -0.1) is 0 Å². The number of aryl methyl sites for hydroxylation is 1. The first kappa shape index (κ1) is 19.5. The topological polar surface area (TPSA) is 50.4 Å². The minimum absolute atomic E-state index is 0.0762. The lowest BCUT2D eigenvalue weighted by Crippen LogP contribution is -2.17. The Kier molecular flexibility index (Phi) is 5.84. The van der Waals surface area contributed by atoms with Crippen LogP contribution in [0.15, 0.2) is 75.9 Å². The third-order valence-electron chi connectivity index (χ3n) is 5.90. The number of rotatable bonds is 8. The van der Waals surface area contributed by atoms with Crippen LogP contribution in [-0.2, 0) is 12.8 Å². The van der Waals surface area contributed by atoms with Crippen LogP contribution in [0.2, 0.25) is 0 Å². The van der Waals surface area contributed by atoms with E-state index >= 15 is 0 Å². The molecule has 1 fully saturated rings. The van der Waals surface area contributed by atoms with Crippen molar-refractivity contribution >= 4 is 0 Å². The highest BCUT2D eigenvalue weighted by Gasteiger charge is 2.37. The summed E-state index contributed by atoms with van der Waals surface area (Å²) in [6.07, 6.45) is 4.81. The summed E-state index contributed by atoms with van der Waals surface area (Å²) in [7, 11) is 0. The average molecular weight is 389 g/mol. The molecule has 1 saturated carbocycles. The van der Waals surface area contributed by atoms with E-state index in [-0.39, 0.29) is 11.7 Å². The van der Waals surface area contributed by atoms with Crippen LogP contribution in [0.5, 0.6) is 5.75 Å². The molecule has 0 amide bonds. The molecule has 1 aliphatic rings. The van der Waals surface area contributed by atoms with Crippen molar-refractivity contribution in [2.45, 2.75) is 44.9 Å². The van der Waals surface area contributed by atoms with Gasteiger partial charge < -0.3 is 9.52 Å². The van der Waals surface area contributed by atoms with E-state index in [9.17, 15) is 9.90 Å². The zero-order valence-corrected chi connectivity index (χ0v) is 16.9. The highest BCUT2D eigenvalue weighted by molar-refractivity contribution is 5.41. The first-order valence-corrected chi connectivity index (χ1v) is 10.6. The van der Waals surface area contributed by atoms with Crippen LogP contribution in [0.3, 0.4) is 0 Å². The SMILES string of the molecule is CC(CCc1ccccc1)Cc1cc(O)c(C(c2ccccc2)C2CC2)c(=O)o1. The molecule has 3 aromatic rings. The molecule has 0 bridgehead atoms. The molecule has 2 atom stereocenters. The van der Waals surface area contributed by atoms with Crippen molar-refractivity contribution in [1.82, 2.24) is 0 Å². The average Bonchev–Trinajstić information content (AvgIpc) is 3.55. The lowest BCUT2D eigenvalue weighted by Gasteiger charge is -2.18. The Bertz CT molecular complexity index is 987. The molecular weight excluding hydrogens is 360 g/mol. The Balaban J connectivity index is 1.50. The maximum atomic E-state index is 12.8. The van der Waals surface area contributed by atoms with Gasteiger partial charge in [-0.2, -0.15) is 0 Å². The van der Waals surface area contributed by atoms with Crippen LogP contribution < -0.4 is 5.63 Å². The van der Waals surface area contributed by atoms with Gasteiger partial charge in [0.05, 0.1) is 5.56 Å². The largest absolute Gasteiger partial charge is 0.507 e. The zero-order chi connectivity index (χ0) is 20.2. The maximum Gasteiger partial charge on any atom is 0.343 e. The standard InChI is InChI=1S/C26H28O3/c1-18(12-13-19-8-4-2-5-9-19)16-22-17-23(27)25(26(28)29-22)24(21-14-15-21)20-10-6-3-7-11-20/h2-11,17-18,21,24,27H,12-16H2,1H3. The molecule has 1 aromatic heterocycles. The molecule has 0 saturated heterocycles. The van der Waals surface area contributed by atoms with Crippen molar-refractivity contribution in [2.75, 3.05) is 0 Å². The van der Waals surface area contributed by atoms with E-state index < -0.39 is 5.63 Å². The fraction of sp³-hybridized carbons (Fsp3) is 0.346. The lowest BCUT2D eigenvalue weighted by molar-refractivity contribution is 0.381. The number of hydrogen-bond acceptors (Lipinski definition) is 3. The minimum Gasteiger partial charge on any atom is -0.507 e. The summed E-state index contributed by atoms with van der Waals surface area (Å²) < 4.78 is 5.68. The van der Waals surface area contributed by atoms with Crippen LogP contribution in [-0.4, -0.2) is 5.11 Å². The van der Waals surface area contributed by atoms with Crippen molar-refractivity contribution in [1.29, 1.82) is 0 Å². The van der Waals surface area contributed by atoms with Crippen molar-refractivity contribution < 1.29 is 9.52 Å². The van der Waals surface area contributed by atoms with E-state index in [2.05, 4.69) is 31.2 Å². The molecule has 0 aliphatic heterocycles. The molecule has 4 rings (SSSR count). The predicted molar refractivity (Wildman–Crippen MR) is 115 cm³/mol. The molecule has 0 radical (unpaired) electrons. The van der Waals surface area contributed by atoms with E-state index in [0.29, 0.717) is 29.6 Å². The molecule has 1 aliphatic carbocycles. The van der Waals surface area contributed by atoms with Gasteiger partial charge in [0.1, 0.15) is 11.5 Å². The van der Waals surface area contributed by atoms with Gasteiger partial charge in [0.15, 0.2) is 0 Å². The number of aromatic hydroxyl groups is 1. The van der Waals surface area contributed by atoms with E-state index in [0.717, 1.165) is 31.2 Å². The molecule has 2 aromatic carbocycles. The smallest absolute Gasteiger partial charge is 0.343 e. The summed E-state index contributed by atoms with van der Waals surface area (Å²) in [5.41, 5.74) is 2.41. The van der Waals surface area contributed by atoms with Gasteiger partial charge in [-0.1, -0.05) is 67.6 Å². The monoisotopic (exact) mass is 388 g/mol. The highest BCUT2D eigenvalue weighted by atomic mass is 16.4. The summed E-state index contributed by atoms with van der Waals surface area (Å²) >= 11 is 0. The molecule has 1 heterocycles. The van der Waals surface area contributed by atoms with Gasteiger partial charge >= 0.3 is 5.63 Å². The van der Waals surface area contributed by atoms with E-state index in [1.807, 2.05) is 36.4 Å². The molecule has 29 heavy (non-hydrogen) atoms. The third-order valence-corrected chi connectivity index (χ3v) is 5.90. The van der Waals surface area contributed by atoms with E-state index in [4.69, 9.17) is 4.42 Å². The Morgan fingerprint density at radius 2 is 1.69 bits per heavy atom. The first-order valence-electron chi connectivity index (χ1n) is 10.6. The Labute approximate surface area is 172 Å². The van der Waals surface area contributed by atoms with Gasteiger partial charge in [0.25, 0.3) is 0 Å². The predicted octanol–water partition coefficient (Wildman–Crippen LogP) is 5.70. The molecule has 0 spiro atoms. The highest BCUT2D eigenvalue weighted by Crippen LogP contribution is 2.47. The lowest BCUT2D eigenvalue weighted by atomic mass is 9.87. The molecule has 3 heteroatoms. The Morgan fingerprint density at radius 3 is 2.31 bits per heavy atom. The molecule has 2 unspecified atom stereocenters. The molecule has 150 valence electrons. The molecule has 3 nitrogen and oxygen atoms in total. The molecular formula is C26H28O3. The fourth-order valence-electron chi connectivity index (χ4n) is 4.19. The van der Waals surface area contributed by atoms with Gasteiger partial charge in [0, 0.05) is 18.4 Å². The van der Waals surface area contributed by atoms with Crippen molar-refractivity contribution in [3.8, 4) is 5.75 Å². The Hall–Kier alpha value is -2.81. The van der Waals surface area contributed by atoms with Crippen LogP contribution in [0.1, 0.15) is 54.6 Å². The Morgan fingerprint density at radius 1 is 1.03 bits per heavy atom. The number of benzene rings is 2.